The first-order valence-corrected chi connectivity index (χ1v) is 7.17. The molecule has 2 aromatic heterocycles. The van der Waals surface area contributed by atoms with Gasteiger partial charge in [-0.05, 0) is 12.1 Å². The standard InChI is InChI=1S/C17H16N4O3/c1-22-12-6-4-5-11(7-12)14-9-18-10-15(20-14)13-8-19-17(24-3)21-16(13)23-2/h4-10H,1-3H3. The zero-order valence-corrected chi connectivity index (χ0v) is 13.6. The lowest BCUT2D eigenvalue weighted by Gasteiger charge is -2.09. The summed E-state index contributed by atoms with van der Waals surface area (Å²) in [5.41, 5.74) is 2.85. The van der Waals surface area contributed by atoms with Crippen molar-refractivity contribution in [3.8, 4) is 40.2 Å². The molecule has 3 aromatic rings. The highest BCUT2D eigenvalue weighted by molar-refractivity contribution is 5.68. The van der Waals surface area contributed by atoms with Gasteiger partial charge in [-0.2, -0.15) is 4.98 Å². The van der Waals surface area contributed by atoms with E-state index in [9.17, 15) is 0 Å². The molecular formula is C17H16N4O3. The molecule has 0 aliphatic rings. The fourth-order valence-corrected chi connectivity index (χ4v) is 2.20. The third kappa shape index (κ3) is 3.10. The molecule has 0 fully saturated rings. The maximum absolute atomic E-state index is 5.31. The molecule has 3 rings (SSSR count). The number of rotatable bonds is 5. The van der Waals surface area contributed by atoms with Crippen molar-refractivity contribution < 1.29 is 14.2 Å². The van der Waals surface area contributed by atoms with E-state index in [1.165, 1.54) is 14.2 Å². The van der Waals surface area contributed by atoms with Gasteiger partial charge < -0.3 is 14.2 Å². The van der Waals surface area contributed by atoms with E-state index in [2.05, 4.69) is 19.9 Å². The number of hydrogen-bond acceptors (Lipinski definition) is 7. The Bertz CT molecular complexity index is 855. The molecule has 7 heteroatoms. The lowest BCUT2D eigenvalue weighted by Crippen LogP contribution is -1.99. The van der Waals surface area contributed by atoms with Crippen LogP contribution in [0.25, 0.3) is 22.5 Å². The van der Waals surface area contributed by atoms with E-state index in [4.69, 9.17) is 14.2 Å². The van der Waals surface area contributed by atoms with E-state index in [0.717, 1.165) is 11.3 Å². The summed E-state index contributed by atoms with van der Waals surface area (Å²) in [4.78, 5) is 17.2. The van der Waals surface area contributed by atoms with Crippen molar-refractivity contribution in [3.63, 3.8) is 0 Å². The molecule has 7 nitrogen and oxygen atoms in total. The van der Waals surface area contributed by atoms with E-state index >= 15 is 0 Å². The van der Waals surface area contributed by atoms with Crippen molar-refractivity contribution in [2.24, 2.45) is 0 Å². The number of methoxy groups -OCH3 is 3. The summed E-state index contributed by atoms with van der Waals surface area (Å²) in [6, 6.07) is 7.85. The van der Waals surface area contributed by atoms with Crippen LogP contribution in [-0.2, 0) is 0 Å². The monoisotopic (exact) mass is 324 g/mol. The second kappa shape index (κ2) is 6.91. The fourth-order valence-electron chi connectivity index (χ4n) is 2.20. The molecule has 122 valence electrons. The summed E-state index contributed by atoms with van der Waals surface area (Å²) < 4.78 is 15.6. The maximum Gasteiger partial charge on any atom is 0.319 e. The number of hydrogen-bond donors (Lipinski definition) is 0. The summed E-state index contributed by atoms with van der Waals surface area (Å²) >= 11 is 0. The van der Waals surface area contributed by atoms with Gasteiger partial charge in [0.1, 0.15) is 5.75 Å². The first-order valence-electron chi connectivity index (χ1n) is 7.17. The second-order valence-electron chi connectivity index (χ2n) is 4.80. The van der Waals surface area contributed by atoms with Gasteiger partial charge in [-0.25, -0.2) is 9.97 Å². The highest BCUT2D eigenvalue weighted by Crippen LogP contribution is 2.29. The Labute approximate surface area is 139 Å². The van der Waals surface area contributed by atoms with E-state index in [-0.39, 0.29) is 6.01 Å². The number of nitrogens with zero attached hydrogens (tertiary/aromatic N) is 4. The van der Waals surface area contributed by atoms with Crippen LogP contribution in [0.1, 0.15) is 0 Å². The van der Waals surface area contributed by atoms with Gasteiger partial charge >= 0.3 is 6.01 Å². The largest absolute Gasteiger partial charge is 0.497 e. The van der Waals surface area contributed by atoms with Gasteiger partial charge in [-0.15, -0.1) is 0 Å². The number of aromatic nitrogens is 4. The summed E-state index contributed by atoms with van der Waals surface area (Å²) in [5, 5.41) is 0. The lowest BCUT2D eigenvalue weighted by molar-refractivity contribution is 0.353. The maximum atomic E-state index is 5.31. The van der Waals surface area contributed by atoms with Gasteiger partial charge in [0, 0.05) is 11.8 Å². The zero-order chi connectivity index (χ0) is 16.9. The summed E-state index contributed by atoms with van der Waals surface area (Å²) in [5.74, 6) is 1.13. The predicted molar refractivity (Wildman–Crippen MR) is 88.2 cm³/mol. The van der Waals surface area contributed by atoms with E-state index in [1.807, 2.05) is 24.3 Å². The highest BCUT2D eigenvalue weighted by Gasteiger charge is 2.13. The van der Waals surface area contributed by atoms with Gasteiger partial charge in [0.15, 0.2) is 0 Å². The van der Waals surface area contributed by atoms with Crippen LogP contribution in [0.2, 0.25) is 0 Å². The minimum atomic E-state index is 0.229. The van der Waals surface area contributed by atoms with Crippen LogP contribution in [0.4, 0.5) is 0 Å². The van der Waals surface area contributed by atoms with Crippen LogP contribution in [0, 0.1) is 0 Å². The average molecular weight is 324 g/mol. The molecule has 0 aliphatic carbocycles. The summed E-state index contributed by atoms with van der Waals surface area (Å²) in [6.45, 7) is 0. The molecule has 24 heavy (non-hydrogen) atoms. The normalized spacial score (nSPS) is 10.3. The van der Waals surface area contributed by atoms with E-state index in [1.54, 1.807) is 25.7 Å². The molecule has 0 amide bonds. The fraction of sp³-hybridized carbons (Fsp3) is 0.176. The SMILES string of the molecule is COc1cccc(-c2cncc(-c3cnc(OC)nc3OC)n2)c1. The Morgan fingerprint density at radius 1 is 0.833 bits per heavy atom. The molecule has 0 unspecified atom stereocenters. The minimum Gasteiger partial charge on any atom is -0.497 e. The Morgan fingerprint density at radius 3 is 2.42 bits per heavy atom. The third-order valence-electron chi connectivity index (χ3n) is 3.38. The molecule has 0 atom stereocenters. The molecule has 0 spiro atoms. The third-order valence-corrected chi connectivity index (χ3v) is 3.38. The van der Waals surface area contributed by atoms with Crippen LogP contribution in [0.3, 0.4) is 0 Å². The Kier molecular flexibility index (Phi) is 4.51. The highest BCUT2D eigenvalue weighted by atomic mass is 16.5. The smallest absolute Gasteiger partial charge is 0.319 e. The molecular weight excluding hydrogens is 308 g/mol. The quantitative estimate of drug-likeness (QED) is 0.713. The van der Waals surface area contributed by atoms with Crippen molar-refractivity contribution >= 4 is 0 Å². The molecule has 0 bridgehead atoms. The van der Waals surface area contributed by atoms with Gasteiger partial charge in [-0.3, -0.25) is 4.98 Å². The summed E-state index contributed by atoms with van der Waals surface area (Å²) in [6.07, 6.45) is 4.93. The van der Waals surface area contributed by atoms with Crippen molar-refractivity contribution in [3.05, 3.63) is 42.9 Å². The molecule has 0 saturated carbocycles. The zero-order valence-electron chi connectivity index (χ0n) is 13.6. The Hall–Kier alpha value is -3.22. The van der Waals surface area contributed by atoms with Crippen LogP contribution in [0.5, 0.6) is 17.6 Å². The first kappa shape index (κ1) is 15.7. The lowest BCUT2D eigenvalue weighted by atomic mass is 10.1. The number of benzene rings is 1. The van der Waals surface area contributed by atoms with Gasteiger partial charge in [-0.1, -0.05) is 12.1 Å². The molecule has 0 radical (unpaired) electrons. The van der Waals surface area contributed by atoms with E-state index in [0.29, 0.717) is 22.8 Å². The number of ether oxygens (including phenoxy) is 3. The van der Waals surface area contributed by atoms with Gasteiger partial charge in [0.05, 0.1) is 50.7 Å². The van der Waals surface area contributed by atoms with Crippen molar-refractivity contribution in [2.75, 3.05) is 21.3 Å². The summed E-state index contributed by atoms with van der Waals surface area (Å²) in [7, 11) is 4.66. The van der Waals surface area contributed by atoms with Crippen LogP contribution >= 0.6 is 0 Å². The average Bonchev–Trinajstić information content (AvgIpc) is 2.67. The Balaban J connectivity index is 2.05. The van der Waals surface area contributed by atoms with Crippen LogP contribution in [-0.4, -0.2) is 41.3 Å². The predicted octanol–water partition coefficient (Wildman–Crippen LogP) is 2.63. The first-order chi connectivity index (χ1) is 11.7. The Morgan fingerprint density at radius 2 is 1.67 bits per heavy atom. The molecule has 0 N–H and O–H groups in total. The molecule has 2 heterocycles. The molecule has 0 saturated heterocycles. The van der Waals surface area contributed by atoms with Crippen molar-refractivity contribution in [1.29, 1.82) is 0 Å². The van der Waals surface area contributed by atoms with Crippen molar-refractivity contribution in [1.82, 2.24) is 19.9 Å². The van der Waals surface area contributed by atoms with Crippen LogP contribution < -0.4 is 14.2 Å². The van der Waals surface area contributed by atoms with Gasteiger partial charge in [0.2, 0.25) is 5.88 Å². The van der Waals surface area contributed by atoms with Crippen LogP contribution in [0.15, 0.2) is 42.9 Å². The molecule has 1 aromatic carbocycles. The second-order valence-corrected chi connectivity index (χ2v) is 4.80. The van der Waals surface area contributed by atoms with Gasteiger partial charge in [0.25, 0.3) is 0 Å². The van der Waals surface area contributed by atoms with E-state index < -0.39 is 0 Å². The minimum absolute atomic E-state index is 0.229. The van der Waals surface area contributed by atoms with Crippen molar-refractivity contribution in [2.45, 2.75) is 0 Å². The molecule has 0 aliphatic heterocycles. The topological polar surface area (TPSA) is 79.3 Å².